The van der Waals surface area contributed by atoms with Crippen molar-refractivity contribution in [1.29, 1.82) is 0 Å². The molecule has 3 nitrogen and oxygen atoms in total. The minimum Gasteiger partial charge on any atom is -0.375 e. The first-order valence-electron chi connectivity index (χ1n) is 4.60. The van der Waals surface area contributed by atoms with Gasteiger partial charge >= 0.3 is 0 Å². The molecule has 1 rings (SSSR count). The topological polar surface area (TPSA) is 42.1 Å². The average Bonchev–Trinajstić information content (AvgIpc) is 2.39. The molecular formula is C9H17N3S2. The number of hydrogen-bond donors (Lipinski definition) is 1. The van der Waals surface area contributed by atoms with E-state index >= 15 is 0 Å². The van der Waals surface area contributed by atoms with Gasteiger partial charge in [0.15, 0.2) is 5.13 Å². The van der Waals surface area contributed by atoms with Crippen molar-refractivity contribution in [1.82, 2.24) is 9.88 Å². The van der Waals surface area contributed by atoms with Gasteiger partial charge in [0.25, 0.3) is 0 Å². The molecule has 1 aromatic heterocycles. The van der Waals surface area contributed by atoms with Crippen LogP contribution in [0.2, 0.25) is 0 Å². The second-order valence-corrected chi connectivity index (χ2v) is 5.82. The summed E-state index contributed by atoms with van der Waals surface area (Å²) in [5.74, 6) is 1.14. The lowest BCUT2D eigenvalue weighted by Gasteiger charge is -2.07. The van der Waals surface area contributed by atoms with Crippen molar-refractivity contribution in [3.05, 3.63) is 5.69 Å². The molecule has 5 heteroatoms. The molecule has 0 bridgehead atoms. The van der Waals surface area contributed by atoms with E-state index in [0.717, 1.165) is 18.0 Å². The Hall–Kier alpha value is -0.260. The quantitative estimate of drug-likeness (QED) is 0.622. The molecule has 0 aromatic carbocycles. The third-order valence-electron chi connectivity index (χ3n) is 1.75. The van der Waals surface area contributed by atoms with Gasteiger partial charge < -0.3 is 10.6 Å². The Bertz CT molecular complexity index is 284. The second-order valence-electron chi connectivity index (χ2n) is 3.43. The highest BCUT2D eigenvalue weighted by Crippen LogP contribution is 2.30. The van der Waals surface area contributed by atoms with E-state index in [-0.39, 0.29) is 0 Å². The van der Waals surface area contributed by atoms with Gasteiger partial charge in [-0.25, -0.2) is 4.98 Å². The van der Waals surface area contributed by atoms with Crippen molar-refractivity contribution in [2.45, 2.75) is 17.6 Å². The molecule has 2 N–H and O–H groups in total. The Balaban J connectivity index is 2.28. The van der Waals surface area contributed by atoms with Gasteiger partial charge in [0.2, 0.25) is 0 Å². The van der Waals surface area contributed by atoms with E-state index in [1.165, 1.54) is 10.6 Å². The molecule has 0 radical (unpaired) electrons. The Morgan fingerprint density at radius 3 is 2.71 bits per heavy atom. The van der Waals surface area contributed by atoms with Gasteiger partial charge in [-0.05, 0) is 34.0 Å². The molecule has 1 aromatic rings. The lowest BCUT2D eigenvalue weighted by atomic mass is 10.5. The van der Waals surface area contributed by atoms with Gasteiger partial charge in [-0.15, -0.1) is 11.8 Å². The number of nitrogens with two attached hydrogens (primary N) is 1. The van der Waals surface area contributed by atoms with Gasteiger partial charge in [-0.2, -0.15) is 0 Å². The monoisotopic (exact) mass is 231 g/mol. The number of nitrogen functional groups attached to an aromatic ring is 1. The fraction of sp³-hybridized carbons (Fsp3) is 0.667. The largest absolute Gasteiger partial charge is 0.375 e. The number of aryl methyl sites for hydroxylation is 1. The van der Waals surface area contributed by atoms with E-state index < -0.39 is 0 Å². The standard InChI is InChI=1S/C9H17N3S2/c1-7-8(14-9(10)11-7)13-6-4-5-12(2)3/h4-6H2,1-3H3,(H2,10,11). The van der Waals surface area contributed by atoms with E-state index in [0.29, 0.717) is 5.13 Å². The molecule has 0 amide bonds. The summed E-state index contributed by atoms with van der Waals surface area (Å²) in [7, 11) is 4.20. The summed E-state index contributed by atoms with van der Waals surface area (Å²) in [6.45, 7) is 3.15. The van der Waals surface area contributed by atoms with Gasteiger partial charge in [0.05, 0.1) is 9.90 Å². The van der Waals surface area contributed by atoms with E-state index in [4.69, 9.17) is 5.73 Å². The predicted molar refractivity (Wildman–Crippen MR) is 65.2 cm³/mol. The van der Waals surface area contributed by atoms with Gasteiger partial charge in [-0.3, -0.25) is 0 Å². The molecule has 1 heterocycles. The van der Waals surface area contributed by atoms with Crippen molar-refractivity contribution >= 4 is 28.2 Å². The summed E-state index contributed by atoms with van der Waals surface area (Å²) >= 11 is 3.45. The zero-order chi connectivity index (χ0) is 10.6. The van der Waals surface area contributed by atoms with Crippen molar-refractivity contribution < 1.29 is 0 Å². The van der Waals surface area contributed by atoms with Crippen LogP contribution in [0.1, 0.15) is 12.1 Å². The SMILES string of the molecule is Cc1nc(N)sc1SCCCN(C)C. The van der Waals surface area contributed by atoms with Crippen LogP contribution in [0.4, 0.5) is 5.13 Å². The minimum absolute atomic E-state index is 0.678. The molecule has 0 aliphatic heterocycles. The predicted octanol–water partition coefficient (Wildman–Crippen LogP) is 2.08. The maximum absolute atomic E-state index is 5.62. The number of nitrogens with zero attached hydrogens (tertiary/aromatic N) is 2. The number of thiazole rings is 1. The van der Waals surface area contributed by atoms with Crippen LogP contribution in [0.25, 0.3) is 0 Å². The van der Waals surface area contributed by atoms with Crippen LogP contribution in [-0.4, -0.2) is 36.3 Å². The summed E-state index contributed by atoms with van der Waals surface area (Å²) < 4.78 is 1.27. The molecule has 0 saturated heterocycles. The number of anilines is 1. The minimum atomic E-state index is 0.678. The molecule has 0 atom stereocenters. The third-order valence-corrected chi connectivity index (χ3v) is 4.19. The molecule has 0 aliphatic carbocycles. The van der Waals surface area contributed by atoms with Crippen molar-refractivity contribution in [2.24, 2.45) is 0 Å². The maximum atomic E-state index is 5.62. The second kappa shape index (κ2) is 5.58. The number of aromatic nitrogens is 1. The molecule has 0 unspecified atom stereocenters. The highest BCUT2D eigenvalue weighted by molar-refractivity contribution is 8.01. The van der Waals surface area contributed by atoms with Crippen molar-refractivity contribution in [3.63, 3.8) is 0 Å². The summed E-state index contributed by atoms with van der Waals surface area (Å²) in [5.41, 5.74) is 6.69. The normalized spacial score (nSPS) is 11.1. The number of thioether (sulfide) groups is 1. The Morgan fingerprint density at radius 2 is 2.21 bits per heavy atom. The highest BCUT2D eigenvalue weighted by atomic mass is 32.2. The van der Waals surface area contributed by atoms with E-state index in [1.807, 2.05) is 18.7 Å². The number of hydrogen-bond acceptors (Lipinski definition) is 5. The smallest absolute Gasteiger partial charge is 0.181 e. The molecule has 0 aliphatic rings. The van der Waals surface area contributed by atoms with Gasteiger partial charge in [0, 0.05) is 5.75 Å². The first-order valence-corrected chi connectivity index (χ1v) is 6.40. The van der Waals surface area contributed by atoms with Crippen LogP contribution >= 0.6 is 23.1 Å². The summed E-state index contributed by atoms with van der Waals surface area (Å²) in [5, 5.41) is 0.678. The first kappa shape index (κ1) is 11.8. The maximum Gasteiger partial charge on any atom is 0.181 e. The Kier molecular flexibility index (Phi) is 4.71. The zero-order valence-electron chi connectivity index (χ0n) is 8.91. The fourth-order valence-corrected chi connectivity index (χ4v) is 3.10. The van der Waals surface area contributed by atoms with Crippen LogP contribution < -0.4 is 5.73 Å². The van der Waals surface area contributed by atoms with Gasteiger partial charge in [0.1, 0.15) is 0 Å². The van der Waals surface area contributed by atoms with Crippen LogP contribution in [0.15, 0.2) is 4.21 Å². The first-order chi connectivity index (χ1) is 6.59. The third kappa shape index (κ3) is 3.86. The summed E-state index contributed by atoms with van der Waals surface area (Å²) in [4.78, 5) is 6.39. The molecular weight excluding hydrogens is 214 g/mol. The molecule has 0 saturated carbocycles. The molecule has 14 heavy (non-hydrogen) atoms. The summed E-state index contributed by atoms with van der Waals surface area (Å²) in [6, 6.07) is 0. The molecule has 0 fully saturated rings. The van der Waals surface area contributed by atoms with Crippen LogP contribution in [0.5, 0.6) is 0 Å². The lowest BCUT2D eigenvalue weighted by Crippen LogP contribution is -2.13. The van der Waals surface area contributed by atoms with E-state index in [9.17, 15) is 0 Å². The van der Waals surface area contributed by atoms with Gasteiger partial charge in [-0.1, -0.05) is 11.3 Å². The number of rotatable bonds is 5. The molecule has 80 valence electrons. The van der Waals surface area contributed by atoms with Crippen LogP contribution in [0, 0.1) is 6.92 Å². The van der Waals surface area contributed by atoms with Crippen molar-refractivity contribution in [3.8, 4) is 0 Å². The van der Waals surface area contributed by atoms with E-state index in [1.54, 1.807) is 11.3 Å². The highest BCUT2D eigenvalue weighted by Gasteiger charge is 2.05. The average molecular weight is 231 g/mol. The van der Waals surface area contributed by atoms with Crippen LogP contribution in [0.3, 0.4) is 0 Å². The van der Waals surface area contributed by atoms with E-state index in [2.05, 4.69) is 24.0 Å². The summed E-state index contributed by atoms with van der Waals surface area (Å²) in [6.07, 6.45) is 1.20. The van der Waals surface area contributed by atoms with Crippen LogP contribution in [-0.2, 0) is 0 Å². The lowest BCUT2D eigenvalue weighted by molar-refractivity contribution is 0.410. The zero-order valence-corrected chi connectivity index (χ0v) is 10.5. The Morgan fingerprint density at radius 1 is 1.50 bits per heavy atom. The fourth-order valence-electron chi connectivity index (χ4n) is 1.08. The Labute approximate surface area is 93.7 Å². The van der Waals surface area contributed by atoms with Crippen molar-refractivity contribution in [2.75, 3.05) is 32.1 Å². The molecule has 0 spiro atoms.